The highest BCUT2D eigenvalue weighted by Crippen LogP contribution is 2.36. The fourth-order valence-electron chi connectivity index (χ4n) is 3.94. The van der Waals surface area contributed by atoms with Gasteiger partial charge in [-0.15, -0.1) is 0 Å². The average Bonchev–Trinajstić information content (AvgIpc) is 3.43. The molecule has 0 N–H and O–H groups in total. The lowest BCUT2D eigenvalue weighted by molar-refractivity contribution is 0.174. The zero-order chi connectivity index (χ0) is 19.1. The van der Waals surface area contributed by atoms with E-state index in [1.165, 1.54) is 11.0 Å². The predicted octanol–water partition coefficient (Wildman–Crippen LogP) is 4.03. The van der Waals surface area contributed by atoms with Crippen LogP contribution >= 0.6 is 0 Å². The Labute approximate surface area is 163 Å². The Morgan fingerprint density at radius 1 is 1.00 bits per heavy atom. The molecule has 144 valence electrons. The second kappa shape index (κ2) is 6.87. The molecule has 0 spiro atoms. The van der Waals surface area contributed by atoms with Crippen LogP contribution in [0.15, 0.2) is 48.7 Å². The highest BCUT2D eigenvalue weighted by molar-refractivity contribution is 5.82. The second-order valence-corrected chi connectivity index (χ2v) is 7.03. The predicted molar refractivity (Wildman–Crippen MR) is 110 cm³/mol. The van der Waals surface area contributed by atoms with Crippen molar-refractivity contribution >= 4 is 16.8 Å². The summed E-state index contributed by atoms with van der Waals surface area (Å²) in [6.07, 6.45) is 2.11. The van der Waals surface area contributed by atoms with Crippen LogP contribution < -0.4 is 9.47 Å². The molecule has 1 aliphatic heterocycles. The number of rotatable bonds is 6. The largest absolute Gasteiger partial charge is 0.454 e. The standard InChI is InChI=1S/C22H24N4O2/c1-3-24(4-2)11-12-25-18-7-5-6-8-19(18)26-14-17(23-22(25)26)16-9-10-20-21(13-16)28-15-27-20/h5-10,13-14H,3-4,11-12,15H2,1-2H3. The third kappa shape index (κ3) is 2.72. The van der Waals surface area contributed by atoms with Crippen LogP contribution in [0, 0.1) is 0 Å². The summed E-state index contributed by atoms with van der Waals surface area (Å²) in [6, 6.07) is 14.5. The van der Waals surface area contributed by atoms with Gasteiger partial charge in [0.05, 0.1) is 16.7 Å². The Kier molecular flexibility index (Phi) is 4.20. The van der Waals surface area contributed by atoms with E-state index in [-0.39, 0.29) is 6.79 Å². The summed E-state index contributed by atoms with van der Waals surface area (Å²) in [5.41, 5.74) is 4.37. The van der Waals surface area contributed by atoms with Gasteiger partial charge < -0.3 is 18.9 Å². The highest BCUT2D eigenvalue weighted by Gasteiger charge is 2.18. The first-order valence-electron chi connectivity index (χ1n) is 9.87. The van der Waals surface area contributed by atoms with E-state index in [0.717, 1.165) is 54.7 Å². The van der Waals surface area contributed by atoms with Crippen molar-refractivity contribution in [1.29, 1.82) is 0 Å². The van der Waals surface area contributed by atoms with Crippen molar-refractivity contribution in [3.8, 4) is 22.8 Å². The quantitative estimate of drug-likeness (QED) is 0.510. The van der Waals surface area contributed by atoms with E-state index in [1.54, 1.807) is 0 Å². The van der Waals surface area contributed by atoms with Crippen molar-refractivity contribution in [2.45, 2.75) is 20.4 Å². The number of ether oxygens (including phenoxy) is 2. The van der Waals surface area contributed by atoms with Gasteiger partial charge in [-0.05, 0) is 43.4 Å². The Morgan fingerprint density at radius 3 is 2.61 bits per heavy atom. The zero-order valence-electron chi connectivity index (χ0n) is 16.3. The van der Waals surface area contributed by atoms with Crippen molar-refractivity contribution in [1.82, 2.24) is 18.9 Å². The minimum Gasteiger partial charge on any atom is -0.454 e. The number of likely N-dealkylation sites (N-methyl/N-ethyl adjacent to an activating group) is 1. The maximum Gasteiger partial charge on any atom is 0.231 e. The van der Waals surface area contributed by atoms with E-state index in [1.807, 2.05) is 18.2 Å². The van der Waals surface area contributed by atoms with Crippen molar-refractivity contribution in [2.24, 2.45) is 0 Å². The van der Waals surface area contributed by atoms with Crippen LogP contribution in [0.25, 0.3) is 28.1 Å². The third-order valence-electron chi connectivity index (χ3n) is 5.56. The van der Waals surface area contributed by atoms with Gasteiger partial charge in [-0.1, -0.05) is 26.0 Å². The molecule has 6 heteroatoms. The fourth-order valence-corrected chi connectivity index (χ4v) is 3.94. The molecule has 3 heterocycles. The molecule has 0 unspecified atom stereocenters. The van der Waals surface area contributed by atoms with E-state index in [9.17, 15) is 0 Å². The molecule has 0 saturated heterocycles. The van der Waals surface area contributed by atoms with Gasteiger partial charge in [0.1, 0.15) is 0 Å². The van der Waals surface area contributed by atoms with Crippen LogP contribution in [0.1, 0.15) is 13.8 Å². The summed E-state index contributed by atoms with van der Waals surface area (Å²) in [6.45, 7) is 8.74. The van der Waals surface area contributed by atoms with Crippen LogP contribution in [0.2, 0.25) is 0 Å². The van der Waals surface area contributed by atoms with Crippen LogP contribution in [-0.4, -0.2) is 45.3 Å². The van der Waals surface area contributed by atoms with E-state index in [4.69, 9.17) is 14.5 Å². The zero-order valence-corrected chi connectivity index (χ0v) is 16.3. The van der Waals surface area contributed by atoms with Gasteiger partial charge in [0.2, 0.25) is 12.6 Å². The molecular weight excluding hydrogens is 352 g/mol. The van der Waals surface area contributed by atoms with Crippen molar-refractivity contribution in [3.05, 3.63) is 48.7 Å². The first kappa shape index (κ1) is 17.1. The van der Waals surface area contributed by atoms with Crippen LogP contribution in [0.4, 0.5) is 0 Å². The van der Waals surface area contributed by atoms with Gasteiger partial charge in [0.25, 0.3) is 0 Å². The van der Waals surface area contributed by atoms with Crippen LogP contribution in [-0.2, 0) is 6.54 Å². The smallest absolute Gasteiger partial charge is 0.231 e. The molecule has 2 aromatic carbocycles. The fraction of sp³-hybridized carbons (Fsp3) is 0.318. The maximum atomic E-state index is 5.53. The number of hydrogen-bond acceptors (Lipinski definition) is 4. The van der Waals surface area contributed by atoms with Crippen molar-refractivity contribution in [3.63, 3.8) is 0 Å². The van der Waals surface area contributed by atoms with Gasteiger partial charge in [0, 0.05) is 24.8 Å². The molecule has 0 fully saturated rings. The average molecular weight is 376 g/mol. The Hall–Kier alpha value is -2.99. The van der Waals surface area contributed by atoms with Crippen LogP contribution in [0.3, 0.4) is 0 Å². The van der Waals surface area contributed by atoms with Gasteiger partial charge in [0.15, 0.2) is 11.5 Å². The molecule has 5 rings (SSSR count). The molecule has 4 aromatic rings. The lowest BCUT2D eigenvalue weighted by Gasteiger charge is -2.18. The molecule has 1 aliphatic rings. The SMILES string of the molecule is CCN(CC)CCn1c2ccccc2n2cc(-c3ccc4c(c3)OCO4)nc12. The third-order valence-corrected chi connectivity index (χ3v) is 5.56. The molecule has 6 nitrogen and oxygen atoms in total. The number of aromatic nitrogens is 3. The molecule has 28 heavy (non-hydrogen) atoms. The molecule has 0 saturated carbocycles. The van der Waals surface area contributed by atoms with E-state index in [2.05, 4.69) is 58.2 Å². The summed E-state index contributed by atoms with van der Waals surface area (Å²) in [5, 5.41) is 0. The normalized spacial score (nSPS) is 13.2. The Morgan fingerprint density at radius 2 is 1.79 bits per heavy atom. The van der Waals surface area contributed by atoms with Gasteiger partial charge in [-0.25, -0.2) is 4.98 Å². The first-order chi connectivity index (χ1) is 13.8. The second-order valence-electron chi connectivity index (χ2n) is 7.03. The highest BCUT2D eigenvalue weighted by atomic mass is 16.7. The molecule has 2 aromatic heterocycles. The van der Waals surface area contributed by atoms with Crippen molar-refractivity contribution < 1.29 is 9.47 Å². The van der Waals surface area contributed by atoms with Crippen LogP contribution in [0.5, 0.6) is 11.5 Å². The first-order valence-corrected chi connectivity index (χ1v) is 9.87. The molecule has 0 atom stereocenters. The summed E-state index contributed by atoms with van der Waals surface area (Å²) in [4.78, 5) is 7.42. The Balaban J connectivity index is 1.60. The number of para-hydroxylation sites is 2. The topological polar surface area (TPSA) is 43.9 Å². The van der Waals surface area contributed by atoms with Gasteiger partial charge in [-0.3, -0.25) is 4.40 Å². The molecule has 0 bridgehead atoms. The Bertz CT molecular complexity index is 1140. The maximum absolute atomic E-state index is 5.53. The summed E-state index contributed by atoms with van der Waals surface area (Å²) >= 11 is 0. The summed E-state index contributed by atoms with van der Waals surface area (Å²) in [5.74, 6) is 2.55. The number of benzene rings is 2. The molecule has 0 radical (unpaired) electrons. The molecule has 0 aliphatic carbocycles. The molecular formula is C22H24N4O2. The number of imidazole rings is 2. The molecule has 0 amide bonds. The van der Waals surface area contributed by atoms with E-state index >= 15 is 0 Å². The number of nitrogens with zero attached hydrogens (tertiary/aromatic N) is 4. The number of fused-ring (bicyclic) bond motifs is 4. The minimum absolute atomic E-state index is 0.283. The summed E-state index contributed by atoms with van der Waals surface area (Å²) in [7, 11) is 0. The lowest BCUT2D eigenvalue weighted by Crippen LogP contribution is -2.27. The monoisotopic (exact) mass is 376 g/mol. The van der Waals surface area contributed by atoms with Gasteiger partial charge in [-0.2, -0.15) is 0 Å². The summed E-state index contributed by atoms with van der Waals surface area (Å²) < 4.78 is 15.5. The minimum atomic E-state index is 0.283. The van der Waals surface area contributed by atoms with Crippen molar-refractivity contribution in [2.75, 3.05) is 26.4 Å². The van der Waals surface area contributed by atoms with Gasteiger partial charge >= 0.3 is 0 Å². The lowest BCUT2D eigenvalue weighted by atomic mass is 10.1. The van der Waals surface area contributed by atoms with E-state index < -0.39 is 0 Å². The number of hydrogen-bond donors (Lipinski definition) is 0. The van der Waals surface area contributed by atoms with E-state index in [0.29, 0.717) is 0 Å².